The highest BCUT2D eigenvalue weighted by atomic mass is 16.5. The van der Waals surface area contributed by atoms with Crippen LogP contribution in [0.1, 0.15) is 45.1 Å². The Morgan fingerprint density at radius 3 is 2.50 bits per heavy atom. The van der Waals surface area contributed by atoms with Crippen LogP contribution >= 0.6 is 0 Å². The van der Waals surface area contributed by atoms with Gasteiger partial charge < -0.3 is 10.1 Å². The van der Waals surface area contributed by atoms with Crippen molar-refractivity contribution in [3.63, 3.8) is 0 Å². The topological polar surface area (TPSA) is 68.1 Å². The average molecular weight is 411 g/mol. The van der Waals surface area contributed by atoms with Gasteiger partial charge in [-0.25, -0.2) is 0 Å². The summed E-state index contributed by atoms with van der Waals surface area (Å²) in [6.45, 7) is 9.91. The van der Waals surface area contributed by atoms with Gasteiger partial charge in [0.2, 0.25) is 0 Å². The van der Waals surface area contributed by atoms with Crippen molar-refractivity contribution in [2.45, 2.75) is 64.1 Å². The second-order valence-electron chi connectivity index (χ2n) is 10.1. The number of likely N-dealkylation sites (tertiary alicyclic amines) is 1. The molecule has 2 saturated heterocycles. The summed E-state index contributed by atoms with van der Waals surface area (Å²) in [6.07, 6.45) is 6.68. The fourth-order valence-electron chi connectivity index (χ4n) is 5.92. The monoisotopic (exact) mass is 410 g/mol. The molecule has 162 valence electrons. The van der Waals surface area contributed by atoms with Gasteiger partial charge in [-0.15, -0.1) is 10.2 Å². The molecule has 1 unspecified atom stereocenters. The van der Waals surface area contributed by atoms with Crippen molar-refractivity contribution in [3.8, 4) is 11.4 Å². The van der Waals surface area contributed by atoms with E-state index in [1.165, 1.54) is 32.4 Å². The summed E-state index contributed by atoms with van der Waals surface area (Å²) in [6, 6.07) is 5.30. The fourth-order valence-corrected chi connectivity index (χ4v) is 5.92. The lowest BCUT2D eigenvalue weighted by molar-refractivity contribution is -0.0811. The average Bonchev–Trinajstić information content (AvgIpc) is 3.35. The summed E-state index contributed by atoms with van der Waals surface area (Å²) in [4.78, 5) is 2.75. The molecule has 7 nitrogen and oxygen atoms in total. The predicted molar refractivity (Wildman–Crippen MR) is 117 cm³/mol. The molecule has 4 heterocycles. The standard InChI is InChI=1S/C23H34N6O/c1-15-12-24-28(4)22(15)20-5-6-21(27-26-20)25-18-9-16-13-29(14-17(16)10-18)19-7-8-30-23(2,3)11-19/h5-6,12,16-19H,7-11,13-14H2,1-4H3,(H,25,27)/t16-,17+,18-,19?. The summed E-state index contributed by atoms with van der Waals surface area (Å²) < 4.78 is 7.78. The van der Waals surface area contributed by atoms with Crippen LogP contribution < -0.4 is 5.32 Å². The maximum absolute atomic E-state index is 5.92. The number of ether oxygens (including phenoxy) is 1. The Kier molecular flexibility index (Phi) is 5.06. The number of fused-ring (bicyclic) bond motifs is 1. The molecule has 0 spiro atoms. The van der Waals surface area contributed by atoms with Crippen molar-refractivity contribution < 1.29 is 4.74 Å². The van der Waals surface area contributed by atoms with E-state index in [-0.39, 0.29) is 5.60 Å². The molecule has 30 heavy (non-hydrogen) atoms. The number of aryl methyl sites for hydroxylation is 2. The van der Waals surface area contributed by atoms with Gasteiger partial charge in [0.1, 0.15) is 11.5 Å². The first-order chi connectivity index (χ1) is 14.4. The van der Waals surface area contributed by atoms with Crippen LogP contribution in [-0.2, 0) is 11.8 Å². The molecule has 3 aliphatic rings. The zero-order valence-electron chi connectivity index (χ0n) is 18.6. The van der Waals surface area contributed by atoms with Crippen molar-refractivity contribution in [2.24, 2.45) is 18.9 Å². The minimum Gasteiger partial charge on any atom is -0.375 e. The second kappa shape index (κ2) is 7.61. The smallest absolute Gasteiger partial charge is 0.148 e. The Morgan fingerprint density at radius 1 is 1.13 bits per heavy atom. The van der Waals surface area contributed by atoms with E-state index in [2.05, 4.69) is 52.4 Å². The molecule has 1 aliphatic carbocycles. The van der Waals surface area contributed by atoms with E-state index in [1.54, 1.807) is 0 Å². The minimum absolute atomic E-state index is 0.0313. The highest BCUT2D eigenvalue weighted by Crippen LogP contribution is 2.41. The Balaban J connectivity index is 1.17. The molecule has 2 aliphatic heterocycles. The van der Waals surface area contributed by atoms with Crippen molar-refractivity contribution in [1.29, 1.82) is 0 Å². The maximum Gasteiger partial charge on any atom is 0.148 e. The highest BCUT2D eigenvalue weighted by Gasteiger charge is 2.44. The molecule has 7 heteroatoms. The maximum atomic E-state index is 5.92. The number of nitrogens with one attached hydrogen (secondary N) is 1. The lowest BCUT2D eigenvalue weighted by atomic mass is 9.93. The molecule has 0 bridgehead atoms. The van der Waals surface area contributed by atoms with E-state index in [0.29, 0.717) is 12.1 Å². The van der Waals surface area contributed by atoms with Crippen molar-refractivity contribution >= 4 is 5.82 Å². The van der Waals surface area contributed by atoms with E-state index in [9.17, 15) is 0 Å². The highest BCUT2D eigenvalue weighted by molar-refractivity contribution is 5.59. The Labute approximate surface area is 179 Å². The van der Waals surface area contributed by atoms with E-state index < -0.39 is 0 Å². The third-order valence-corrected chi connectivity index (χ3v) is 7.35. The van der Waals surface area contributed by atoms with Gasteiger partial charge in [0.25, 0.3) is 0 Å². The predicted octanol–water partition coefficient (Wildman–Crippen LogP) is 3.27. The molecule has 2 aromatic rings. The Morgan fingerprint density at radius 2 is 1.90 bits per heavy atom. The molecule has 1 N–H and O–H groups in total. The number of hydrogen-bond acceptors (Lipinski definition) is 6. The molecular formula is C23H34N6O. The van der Waals surface area contributed by atoms with Gasteiger partial charge in [0.05, 0.1) is 17.5 Å². The molecule has 3 fully saturated rings. The van der Waals surface area contributed by atoms with Crippen LogP contribution in [0.15, 0.2) is 18.3 Å². The molecule has 4 atom stereocenters. The largest absolute Gasteiger partial charge is 0.375 e. The van der Waals surface area contributed by atoms with Crippen LogP contribution in [0.25, 0.3) is 11.4 Å². The number of rotatable bonds is 4. The van der Waals surface area contributed by atoms with Crippen LogP contribution in [-0.4, -0.2) is 62.3 Å². The van der Waals surface area contributed by atoms with E-state index >= 15 is 0 Å². The fraction of sp³-hybridized carbons (Fsp3) is 0.696. The Hall–Kier alpha value is -1.99. The molecule has 0 aromatic carbocycles. The van der Waals surface area contributed by atoms with Crippen LogP contribution in [0.2, 0.25) is 0 Å². The lowest BCUT2D eigenvalue weighted by Gasteiger charge is -2.40. The van der Waals surface area contributed by atoms with Gasteiger partial charge in [0, 0.05) is 38.8 Å². The van der Waals surface area contributed by atoms with Crippen LogP contribution in [0, 0.1) is 18.8 Å². The van der Waals surface area contributed by atoms with Gasteiger partial charge in [-0.05, 0) is 76.0 Å². The summed E-state index contributed by atoms with van der Waals surface area (Å²) >= 11 is 0. The van der Waals surface area contributed by atoms with Crippen molar-refractivity contribution in [3.05, 3.63) is 23.9 Å². The summed E-state index contributed by atoms with van der Waals surface area (Å²) in [5, 5.41) is 16.8. The van der Waals surface area contributed by atoms with Gasteiger partial charge in [-0.1, -0.05) is 0 Å². The number of anilines is 1. The Bertz CT molecular complexity index is 858. The van der Waals surface area contributed by atoms with E-state index in [4.69, 9.17) is 4.74 Å². The van der Waals surface area contributed by atoms with Gasteiger partial charge in [-0.3, -0.25) is 9.58 Å². The number of aromatic nitrogens is 4. The molecule has 2 aromatic heterocycles. The van der Waals surface area contributed by atoms with Gasteiger partial charge in [-0.2, -0.15) is 5.10 Å². The molecule has 0 amide bonds. The summed E-state index contributed by atoms with van der Waals surface area (Å²) in [5.74, 6) is 2.49. The lowest BCUT2D eigenvalue weighted by Crippen LogP contribution is -2.45. The van der Waals surface area contributed by atoms with E-state index in [1.807, 2.05) is 24.0 Å². The number of nitrogens with zero attached hydrogens (tertiary/aromatic N) is 5. The quantitative estimate of drug-likeness (QED) is 0.834. The first kappa shape index (κ1) is 19.9. The van der Waals surface area contributed by atoms with Crippen LogP contribution in [0.5, 0.6) is 0 Å². The first-order valence-electron chi connectivity index (χ1n) is 11.4. The molecule has 1 saturated carbocycles. The SMILES string of the molecule is Cc1cnn(C)c1-c1ccc(N[C@@H]2C[C@@H]3CN(C4CCOC(C)(C)C4)C[C@@H]3C2)nn1. The minimum atomic E-state index is 0.0313. The zero-order chi connectivity index (χ0) is 20.9. The third kappa shape index (κ3) is 3.85. The summed E-state index contributed by atoms with van der Waals surface area (Å²) in [5.41, 5.74) is 3.05. The van der Waals surface area contributed by atoms with Gasteiger partial charge >= 0.3 is 0 Å². The molecule has 0 radical (unpaired) electrons. The molecule has 5 rings (SSSR count). The van der Waals surface area contributed by atoms with Crippen molar-refractivity contribution in [2.75, 3.05) is 25.0 Å². The van der Waals surface area contributed by atoms with Gasteiger partial charge in [0.15, 0.2) is 0 Å². The number of hydrogen-bond donors (Lipinski definition) is 1. The normalized spacial score (nSPS) is 31.1. The summed E-state index contributed by atoms with van der Waals surface area (Å²) in [7, 11) is 1.94. The first-order valence-corrected chi connectivity index (χ1v) is 11.4. The zero-order valence-corrected chi connectivity index (χ0v) is 18.6. The third-order valence-electron chi connectivity index (χ3n) is 7.35. The van der Waals surface area contributed by atoms with Crippen molar-refractivity contribution in [1.82, 2.24) is 24.9 Å². The molecular weight excluding hydrogens is 376 g/mol. The van der Waals surface area contributed by atoms with E-state index in [0.717, 1.165) is 47.6 Å². The van der Waals surface area contributed by atoms with Crippen LogP contribution in [0.4, 0.5) is 5.82 Å². The second-order valence-corrected chi connectivity index (χ2v) is 10.1. The van der Waals surface area contributed by atoms with Crippen LogP contribution in [0.3, 0.4) is 0 Å².